The molecule has 0 aliphatic heterocycles. The van der Waals surface area contributed by atoms with E-state index >= 15 is 0 Å². The van der Waals surface area contributed by atoms with Gasteiger partial charge in [-0.2, -0.15) is 0 Å². The fourth-order valence-corrected chi connectivity index (χ4v) is 1.44. The number of rotatable bonds is 0. The Balaban J connectivity index is 2.52. The molecule has 0 saturated carbocycles. The van der Waals surface area contributed by atoms with Crippen molar-refractivity contribution in [3.05, 3.63) is 42.7 Å². The number of aromatic nitrogens is 3. The van der Waals surface area contributed by atoms with Crippen molar-refractivity contribution in [3.63, 3.8) is 0 Å². The summed E-state index contributed by atoms with van der Waals surface area (Å²) in [6.07, 6.45) is 4.53. The lowest BCUT2D eigenvalue weighted by atomic mass is 10.2. The van der Waals surface area contributed by atoms with Gasteiger partial charge in [-0.15, -0.1) is 0 Å². The van der Waals surface area contributed by atoms with Crippen molar-refractivity contribution in [3.8, 4) is 0 Å². The van der Waals surface area contributed by atoms with Crippen molar-refractivity contribution >= 4 is 22.1 Å². The Kier molecular flexibility index (Phi) is 1.44. The third kappa shape index (κ3) is 1.03. The van der Waals surface area contributed by atoms with Gasteiger partial charge in [0.25, 0.3) is 0 Å². The van der Waals surface area contributed by atoms with Crippen molar-refractivity contribution in [1.29, 1.82) is 0 Å². The minimum Gasteiger partial charge on any atom is -0.255 e. The Morgan fingerprint density at radius 3 is 2.93 bits per heavy atom. The highest BCUT2D eigenvalue weighted by molar-refractivity contribution is 5.87. The predicted molar refractivity (Wildman–Crippen MR) is 53.7 cm³/mol. The maximum absolute atomic E-state index is 4.43. The number of nitrogens with zero attached hydrogens (tertiary/aromatic N) is 3. The summed E-state index contributed by atoms with van der Waals surface area (Å²) in [7, 11) is 0. The molecule has 0 aromatic carbocycles. The molecule has 3 aromatic rings. The van der Waals surface area contributed by atoms with Crippen molar-refractivity contribution in [2.24, 2.45) is 0 Å². The summed E-state index contributed by atoms with van der Waals surface area (Å²) in [5.74, 6) is 0. The van der Waals surface area contributed by atoms with Crippen LogP contribution >= 0.6 is 0 Å². The Labute approximate surface area is 80.5 Å². The van der Waals surface area contributed by atoms with Gasteiger partial charge < -0.3 is 0 Å². The van der Waals surface area contributed by atoms with Gasteiger partial charge in [0, 0.05) is 6.20 Å². The Bertz CT molecular complexity index is 499. The molecule has 3 rings (SSSR count). The fourth-order valence-electron chi connectivity index (χ4n) is 1.44. The topological polar surface area (TPSA) is 38.7 Å². The fraction of sp³-hybridized carbons (Fsp3) is 0. The van der Waals surface area contributed by atoms with E-state index in [1.807, 2.05) is 24.3 Å². The summed E-state index contributed by atoms with van der Waals surface area (Å²) in [4.78, 5) is 12.8. The molecule has 0 N–H and O–H groups in total. The van der Waals surface area contributed by atoms with Crippen LogP contribution in [0.3, 0.4) is 0 Å². The number of fused-ring (bicyclic) bond motifs is 2. The highest BCUT2D eigenvalue weighted by Gasteiger charge is 1.99. The minimum absolute atomic E-state index is 0.832. The third-order valence-corrected chi connectivity index (χ3v) is 2.09. The molecule has 0 amide bonds. The quantitative estimate of drug-likeness (QED) is 0.496. The summed E-state index contributed by atoms with van der Waals surface area (Å²) < 4.78 is 0. The lowest BCUT2D eigenvalue weighted by molar-refractivity contribution is 1.33. The minimum atomic E-state index is 0.832. The van der Waals surface area contributed by atoms with Crippen molar-refractivity contribution in [2.75, 3.05) is 0 Å². The molecule has 0 unspecified atom stereocenters. The van der Waals surface area contributed by atoms with E-state index in [4.69, 9.17) is 0 Å². The van der Waals surface area contributed by atoms with Gasteiger partial charge in [-0.1, -0.05) is 0 Å². The SMILES string of the molecule is [c]1ccc2nc3cccnc3cc2n1. The Morgan fingerprint density at radius 1 is 1.00 bits per heavy atom. The monoisotopic (exact) mass is 180 g/mol. The maximum Gasteiger partial charge on any atom is 0.0916 e. The molecular formula is C11H6N3. The second-order valence-corrected chi connectivity index (χ2v) is 3.01. The zero-order chi connectivity index (χ0) is 9.38. The van der Waals surface area contributed by atoms with Gasteiger partial charge in [-0.3, -0.25) is 4.98 Å². The van der Waals surface area contributed by atoms with Crippen molar-refractivity contribution < 1.29 is 0 Å². The molecule has 0 aliphatic carbocycles. The lowest BCUT2D eigenvalue weighted by Gasteiger charge is -1.98. The molecule has 1 radical (unpaired) electrons. The van der Waals surface area contributed by atoms with Gasteiger partial charge in [0.1, 0.15) is 0 Å². The molecule has 3 heteroatoms. The Hall–Kier alpha value is -2.03. The summed E-state index contributed by atoms with van der Waals surface area (Å²) in [6.45, 7) is 0. The van der Waals surface area contributed by atoms with E-state index in [-0.39, 0.29) is 0 Å². The van der Waals surface area contributed by atoms with E-state index in [9.17, 15) is 0 Å². The molecule has 0 atom stereocenters. The van der Waals surface area contributed by atoms with Crippen LogP contribution in [0.5, 0.6) is 0 Å². The standard InChI is InChI=1S/C11H6N3/c1-3-8-10(12-5-1)7-11-9(14-8)4-2-6-13-11/h1-5,7H. The smallest absolute Gasteiger partial charge is 0.0916 e. The van der Waals surface area contributed by atoms with E-state index < -0.39 is 0 Å². The molecule has 0 bridgehead atoms. The summed E-state index contributed by atoms with van der Waals surface area (Å²) >= 11 is 0. The van der Waals surface area contributed by atoms with Crippen LogP contribution in [0, 0.1) is 6.20 Å². The van der Waals surface area contributed by atoms with Crippen LogP contribution in [-0.2, 0) is 0 Å². The molecular weight excluding hydrogens is 174 g/mol. The van der Waals surface area contributed by atoms with Gasteiger partial charge in [0.05, 0.1) is 28.3 Å². The molecule has 14 heavy (non-hydrogen) atoms. The van der Waals surface area contributed by atoms with E-state index in [1.165, 1.54) is 0 Å². The highest BCUT2D eigenvalue weighted by atomic mass is 14.8. The number of hydrogen-bond acceptors (Lipinski definition) is 3. The van der Waals surface area contributed by atoms with Crippen molar-refractivity contribution in [2.45, 2.75) is 0 Å². The lowest BCUT2D eigenvalue weighted by Crippen LogP contribution is -1.86. The van der Waals surface area contributed by atoms with E-state index in [0.29, 0.717) is 0 Å². The number of pyridine rings is 3. The van der Waals surface area contributed by atoms with Crippen LogP contribution in [0.1, 0.15) is 0 Å². The molecule has 0 fully saturated rings. The summed E-state index contributed by atoms with van der Waals surface area (Å²) in [5.41, 5.74) is 3.48. The van der Waals surface area contributed by atoms with Crippen LogP contribution in [0.4, 0.5) is 0 Å². The zero-order valence-corrected chi connectivity index (χ0v) is 7.31. The second kappa shape index (κ2) is 2.73. The first-order chi connectivity index (χ1) is 6.93. The molecule has 65 valence electrons. The summed E-state index contributed by atoms with van der Waals surface area (Å²) in [6, 6.07) is 9.41. The first kappa shape index (κ1) is 7.38. The van der Waals surface area contributed by atoms with Crippen LogP contribution in [0.15, 0.2) is 36.5 Å². The first-order valence-corrected chi connectivity index (χ1v) is 4.32. The normalized spacial score (nSPS) is 10.9. The first-order valence-electron chi connectivity index (χ1n) is 4.32. The molecule has 3 heterocycles. The van der Waals surface area contributed by atoms with Crippen LogP contribution in [0.25, 0.3) is 22.1 Å². The van der Waals surface area contributed by atoms with Gasteiger partial charge >= 0.3 is 0 Å². The molecule has 0 saturated heterocycles. The Morgan fingerprint density at radius 2 is 1.93 bits per heavy atom. The van der Waals surface area contributed by atoms with Crippen molar-refractivity contribution in [1.82, 2.24) is 15.0 Å². The molecule has 3 aromatic heterocycles. The van der Waals surface area contributed by atoms with Gasteiger partial charge in [0.2, 0.25) is 0 Å². The van der Waals surface area contributed by atoms with E-state index in [1.54, 1.807) is 12.3 Å². The van der Waals surface area contributed by atoms with Gasteiger partial charge in [-0.25, -0.2) is 9.97 Å². The van der Waals surface area contributed by atoms with Crippen LogP contribution < -0.4 is 0 Å². The summed E-state index contributed by atoms with van der Waals surface area (Å²) in [5, 5.41) is 0. The van der Waals surface area contributed by atoms with E-state index in [0.717, 1.165) is 22.1 Å². The maximum atomic E-state index is 4.43. The van der Waals surface area contributed by atoms with Crippen LogP contribution in [-0.4, -0.2) is 15.0 Å². The highest BCUT2D eigenvalue weighted by Crippen LogP contribution is 2.14. The van der Waals surface area contributed by atoms with E-state index in [2.05, 4.69) is 21.1 Å². The largest absolute Gasteiger partial charge is 0.255 e. The average molecular weight is 180 g/mol. The zero-order valence-electron chi connectivity index (χ0n) is 7.31. The average Bonchev–Trinajstić information content (AvgIpc) is 2.26. The third-order valence-electron chi connectivity index (χ3n) is 2.09. The molecule has 3 nitrogen and oxygen atoms in total. The van der Waals surface area contributed by atoms with Gasteiger partial charge in [-0.05, 0) is 30.3 Å². The second-order valence-electron chi connectivity index (χ2n) is 3.01. The molecule has 0 aliphatic rings. The molecule has 0 spiro atoms. The van der Waals surface area contributed by atoms with Gasteiger partial charge in [0.15, 0.2) is 0 Å². The predicted octanol–water partition coefficient (Wildman–Crippen LogP) is 1.98. The number of hydrogen-bond donors (Lipinski definition) is 0. The van der Waals surface area contributed by atoms with Crippen LogP contribution in [0.2, 0.25) is 0 Å².